The maximum atomic E-state index is 13.3. The molecule has 4 aromatic rings. The summed E-state index contributed by atoms with van der Waals surface area (Å²) >= 11 is 6.14. The van der Waals surface area contributed by atoms with Crippen molar-refractivity contribution in [3.63, 3.8) is 0 Å². The minimum absolute atomic E-state index is 0.126. The maximum Gasteiger partial charge on any atom is 0.416 e. The van der Waals surface area contributed by atoms with E-state index in [-0.39, 0.29) is 21.7 Å². The Hall–Kier alpha value is -3.10. The smallest absolute Gasteiger partial charge is 0.301 e. The molecule has 1 fully saturated rings. The number of rotatable bonds is 5. The van der Waals surface area contributed by atoms with Gasteiger partial charge in [0.05, 0.1) is 23.8 Å². The first-order valence-electron chi connectivity index (χ1n) is 11.1. The molecule has 1 aliphatic rings. The van der Waals surface area contributed by atoms with Crippen LogP contribution >= 0.6 is 11.6 Å². The fraction of sp³-hybridized carbons (Fsp3) is 0.280. The molecule has 1 saturated heterocycles. The van der Waals surface area contributed by atoms with Crippen LogP contribution in [0.15, 0.2) is 65.7 Å². The van der Waals surface area contributed by atoms with E-state index in [0.29, 0.717) is 5.69 Å². The first kappa shape index (κ1) is 22.7. The minimum atomic E-state index is -4.51. The monoisotopic (exact) mass is 486 g/mol. The predicted octanol–water partition coefficient (Wildman–Crippen LogP) is 5.62. The lowest BCUT2D eigenvalue weighted by atomic mass is 10.0. The molecule has 0 atom stereocenters. The van der Waals surface area contributed by atoms with E-state index in [4.69, 9.17) is 11.6 Å². The van der Waals surface area contributed by atoms with Crippen molar-refractivity contribution in [3.8, 4) is 16.8 Å². The highest BCUT2D eigenvalue weighted by molar-refractivity contribution is 6.33. The summed E-state index contributed by atoms with van der Waals surface area (Å²) in [5, 5.41) is 5.29. The minimum Gasteiger partial charge on any atom is -0.301 e. The molecule has 2 aromatic carbocycles. The zero-order valence-electron chi connectivity index (χ0n) is 18.2. The Bertz CT molecular complexity index is 1400. The highest BCUT2D eigenvalue weighted by Gasteiger charge is 2.31. The van der Waals surface area contributed by atoms with Crippen LogP contribution in [0.25, 0.3) is 27.7 Å². The molecule has 0 amide bonds. The molecule has 5 nitrogen and oxygen atoms in total. The predicted molar refractivity (Wildman–Crippen MR) is 126 cm³/mol. The Balaban J connectivity index is 1.46. The summed E-state index contributed by atoms with van der Waals surface area (Å²) in [5.74, 6) is 0. The van der Waals surface area contributed by atoms with Crippen molar-refractivity contribution in [3.05, 3.63) is 81.9 Å². The van der Waals surface area contributed by atoms with E-state index < -0.39 is 11.7 Å². The average Bonchev–Trinajstić information content (AvgIpc) is 3.47. The number of hydrogen-bond donors (Lipinski definition) is 0. The molecule has 0 unspecified atom stereocenters. The van der Waals surface area contributed by atoms with E-state index in [1.807, 2.05) is 22.9 Å². The van der Waals surface area contributed by atoms with E-state index in [2.05, 4.69) is 10.00 Å². The maximum absolute atomic E-state index is 13.3. The first-order chi connectivity index (χ1) is 16.3. The van der Waals surface area contributed by atoms with Crippen molar-refractivity contribution < 1.29 is 13.2 Å². The van der Waals surface area contributed by atoms with Gasteiger partial charge in [0.1, 0.15) is 0 Å². The largest absolute Gasteiger partial charge is 0.416 e. The third-order valence-electron chi connectivity index (χ3n) is 6.26. The Morgan fingerprint density at radius 1 is 0.971 bits per heavy atom. The third-order valence-corrected chi connectivity index (χ3v) is 6.58. The molecule has 0 aliphatic carbocycles. The normalized spacial score (nSPS) is 14.8. The lowest BCUT2D eigenvalue weighted by molar-refractivity contribution is -0.137. The van der Waals surface area contributed by atoms with Crippen molar-refractivity contribution in [2.45, 2.75) is 25.6 Å². The number of benzene rings is 2. The number of nitrogens with zero attached hydrogens (tertiary/aromatic N) is 4. The van der Waals surface area contributed by atoms with Crippen molar-refractivity contribution in [1.82, 2.24) is 19.2 Å². The Labute approximate surface area is 199 Å². The van der Waals surface area contributed by atoms with Crippen molar-refractivity contribution in [2.24, 2.45) is 0 Å². The number of likely N-dealkylation sites (tertiary alicyclic amines) is 1. The second kappa shape index (κ2) is 8.92. The van der Waals surface area contributed by atoms with Gasteiger partial charge in [-0.15, -0.1) is 0 Å². The molecule has 176 valence electrons. The second-order valence-corrected chi connectivity index (χ2v) is 8.86. The highest BCUT2D eigenvalue weighted by Crippen LogP contribution is 2.34. The van der Waals surface area contributed by atoms with Gasteiger partial charge >= 0.3 is 6.18 Å². The van der Waals surface area contributed by atoms with Crippen LogP contribution in [-0.2, 0) is 12.7 Å². The van der Waals surface area contributed by atoms with Crippen LogP contribution in [0.3, 0.4) is 0 Å². The van der Waals surface area contributed by atoms with Crippen molar-refractivity contribution in [2.75, 3.05) is 19.6 Å². The van der Waals surface area contributed by atoms with E-state index >= 15 is 0 Å². The number of halogens is 4. The Morgan fingerprint density at radius 2 is 1.76 bits per heavy atom. The fourth-order valence-corrected chi connectivity index (χ4v) is 4.74. The number of aromatic nitrogens is 3. The summed E-state index contributed by atoms with van der Waals surface area (Å²) in [7, 11) is 0. The van der Waals surface area contributed by atoms with E-state index in [0.717, 1.165) is 49.2 Å². The third kappa shape index (κ3) is 4.35. The lowest BCUT2D eigenvalue weighted by Gasteiger charge is -2.14. The standard InChI is InChI=1S/C25H22ClF3N4O/c26-22-15-18(25(27,28)29)5-7-20(22)21-4-3-11-32(24(21)34)19-6-8-23-17(14-19)16-30-33(23)13-12-31-9-1-2-10-31/h3-8,11,14-16H,1-2,9-10,12-13H2. The summed E-state index contributed by atoms with van der Waals surface area (Å²) in [5.41, 5.74) is 0.876. The zero-order valence-corrected chi connectivity index (χ0v) is 19.0. The second-order valence-electron chi connectivity index (χ2n) is 8.45. The molecule has 5 rings (SSSR count). The van der Waals surface area contributed by atoms with Crippen LogP contribution in [-0.4, -0.2) is 38.9 Å². The quantitative estimate of drug-likeness (QED) is 0.367. The molecular weight excluding hydrogens is 465 g/mol. The first-order valence-corrected chi connectivity index (χ1v) is 11.5. The molecule has 0 saturated carbocycles. The summed E-state index contributed by atoms with van der Waals surface area (Å²) in [6.45, 7) is 4.01. The van der Waals surface area contributed by atoms with Gasteiger partial charge in [0.25, 0.3) is 5.56 Å². The van der Waals surface area contributed by atoms with Crippen LogP contribution in [0, 0.1) is 0 Å². The average molecular weight is 487 g/mol. The van der Waals surface area contributed by atoms with Crippen LogP contribution in [0.4, 0.5) is 13.2 Å². The molecule has 0 N–H and O–H groups in total. The van der Waals surface area contributed by atoms with Gasteiger partial charge in [-0.25, -0.2) is 0 Å². The van der Waals surface area contributed by atoms with E-state index in [1.165, 1.54) is 23.5 Å². The number of fused-ring (bicyclic) bond motifs is 1. The Kier molecular flexibility index (Phi) is 5.95. The van der Waals surface area contributed by atoms with Gasteiger partial charge in [-0.05, 0) is 68.4 Å². The summed E-state index contributed by atoms with van der Waals surface area (Å²) < 4.78 is 42.4. The highest BCUT2D eigenvalue weighted by atomic mass is 35.5. The van der Waals surface area contributed by atoms with E-state index in [1.54, 1.807) is 24.5 Å². The van der Waals surface area contributed by atoms with Crippen LogP contribution in [0.5, 0.6) is 0 Å². The van der Waals surface area contributed by atoms with Crippen LogP contribution in [0.2, 0.25) is 5.02 Å². The van der Waals surface area contributed by atoms with Gasteiger partial charge in [0.2, 0.25) is 0 Å². The van der Waals surface area contributed by atoms with Gasteiger partial charge in [0.15, 0.2) is 0 Å². The molecule has 0 spiro atoms. The fourth-order valence-electron chi connectivity index (χ4n) is 4.46. The number of hydrogen-bond acceptors (Lipinski definition) is 3. The molecule has 34 heavy (non-hydrogen) atoms. The molecule has 0 bridgehead atoms. The van der Waals surface area contributed by atoms with Crippen molar-refractivity contribution in [1.29, 1.82) is 0 Å². The van der Waals surface area contributed by atoms with Gasteiger partial charge < -0.3 is 4.90 Å². The van der Waals surface area contributed by atoms with Gasteiger partial charge in [-0.2, -0.15) is 18.3 Å². The number of pyridine rings is 1. The van der Waals surface area contributed by atoms with Gasteiger partial charge in [-0.1, -0.05) is 17.7 Å². The van der Waals surface area contributed by atoms with Crippen LogP contribution in [0.1, 0.15) is 18.4 Å². The SMILES string of the molecule is O=c1c(-c2ccc(C(F)(F)F)cc2Cl)cccn1-c1ccc2c(cnn2CCN2CCCC2)c1. The summed E-state index contributed by atoms with van der Waals surface area (Å²) in [6.07, 6.45) is 1.39. The lowest BCUT2D eigenvalue weighted by Crippen LogP contribution is -2.24. The molecule has 2 aromatic heterocycles. The number of alkyl halides is 3. The van der Waals surface area contributed by atoms with E-state index in [9.17, 15) is 18.0 Å². The van der Waals surface area contributed by atoms with Gasteiger partial charge in [0, 0.05) is 40.0 Å². The topological polar surface area (TPSA) is 43.1 Å². The molecule has 3 heterocycles. The zero-order chi connectivity index (χ0) is 23.9. The van der Waals surface area contributed by atoms with Crippen LogP contribution < -0.4 is 5.56 Å². The summed E-state index contributed by atoms with van der Waals surface area (Å²) in [6, 6.07) is 11.9. The molecule has 9 heteroatoms. The molecular formula is C25H22ClF3N4O. The van der Waals surface area contributed by atoms with Gasteiger partial charge in [-0.3, -0.25) is 14.0 Å². The molecule has 0 radical (unpaired) electrons. The molecule has 1 aliphatic heterocycles. The Morgan fingerprint density at radius 3 is 2.50 bits per heavy atom. The van der Waals surface area contributed by atoms with Crippen molar-refractivity contribution >= 4 is 22.5 Å². The summed E-state index contributed by atoms with van der Waals surface area (Å²) in [4.78, 5) is 15.7.